The van der Waals surface area contributed by atoms with Crippen molar-refractivity contribution in [2.45, 2.75) is 27.7 Å². The molecule has 1 heterocycles. The lowest BCUT2D eigenvalue weighted by molar-refractivity contribution is 0.605. The van der Waals surface area contributed by atoms with Crippen LogP contribution in [-0.4, -0.2) is 18.1 Å². The summed E-state index contributed by atoms with van der Waals surface area (Å²) >= 11 is 0. The molecule has 2 aliphatic rings. The molecular formula is C18H21N3O. The van der Waals surface area contributed by atoms with E-state index in [0.717, 1.165) is 57.8 Å². The molecule has 0 atom stereocenters. The summed E-state index contributed by atoms with van der Waals surface area (Å²) in [5.41, 5.74) is 5.81. The fourth-order valence-electron chi connectivity index (χ4n) is 2.73. The number of fused-ring (bicyclic) bond motifs is 2. The molecule has 1 aromatic carbocycles. The van der Waals surface area contributed by atoms with Crippen molar-refractivity contribution in [1.29, 1.82) is 0 Å². The molecule has 0 amide bonds. The molecule has 1 aliphatic carbocycles. The molecule has 0 unspecified atom stereocenters. The Kier molecular flexibility index (Phi) is 3.84. The molecule has 3 rings (SSSR count). The van der Waals surface area contributed by atoms with E-state index in [1.807, 2.05) is 32.0 Å². The third kappa shape index (κ3) is 2.34. The van der Waals surface area contributed by atoms with Gasteiger partial charge in [0, 0.05) is 29.9 Å². The summed E-state index contributed by atoms with van der Waals surface area (Å²) < 4.78 is 6.22. The molecule has 4 nitrogen and oxygen atoms in total. The zero-order valence-electron chi connectivity index (χ0n) is 13.5. The molecule has 1 aromatic rings. The lowest BCUT2D eigenvalue weighted by Gasteiger charge is -2.13. The number of aromatic nitrogens is 1. The number of rotatable bonds is 3. The van der Waals surface area contributed by atoms with Gasteiger partial charge in [-0.1, -0.05) is 0 Å². The average Bonchev–Trinajstić information content (AvgIpc) is 2.52. The van der Waals surface area contributed by atoms with Gasteiger partial charge in [-0.15, -0.1) is 0 Å². The number of benzene rings is 2. The maximum Gasteiger partial charge on any atom is 0.158 e. The van der Waals surface area contributed by atoms with Crippen LogP contribution in [0.4, 0.5) is 5.69 Å². The summed E-state index contributed by atoms with van der Waals surface area (Å²) in [7, 11) is 0. The Balaban J connectivity index is 2.34. The minimum absolute atomic E-state index is 0.761. The number of hydrogen-bond donors (Lipinski definition) is 1. The highest BCUT2D eigenvalue weighted by atomic mass is 16.3. The van der Waals surface area contributed by atoms with Crippen molar-refractivity contribution in [3.05, 3.63) is 40.7 Å². The van der Waals surface area contributed by atoms with Gasteiger partial charge in [0.05, 0.1) is 5.36 Å². The highest BCUT2D eigenvalue weighted by Gasteiger charge is 2.15. The van der Waals surface area contributed by atoms with Crippen molar-refractivity contribution in [3.63, 3.8) is 0 Å². The quantitative estimate of drug-likeness (QED) is 0.745. The van der Waals surface area contributed by atoms with E-state index in [1.165, 1.54) is 0 Å². The third-order valence-electron chi connectivity index (χ3n) is 3.88. The number of anilines is 1. The second-order valence-electron chi connectivity index (χ2n) is 5.36. The molecule has 0 aromatic heterocycles. The van der Waals surface area contributed by atoms with Crippen LogP contribution in [-0.2, 0) is 0 Å². The Morgan fingerprint density at radius 1 is 1.09 bits per heavy atom. The molecular weight excluding hydrogens is 274 g/mol. The maximum absolute atomic E-state index is 6.22. The van der Waals surface area contributed by atoms with Crippen LogP contribution in [0.15, 0.2) is 33.7 Å². The summed E-state index contributed by atoms with van der Waals surface area (Å²) in [6.07, 6.45) is 0. The fraction of sp³-hybridized carbons (Fsp3) is 0.333. The zero-order chi connectivity index (χ0) is 15.7. The van der Waals surface area contributed by atoms with Gasteiger partial charge in [0.2, 0.25) is 0 Å². The van der Waals surface area contributed by atoms with Gasteiger partial charge in [-0.25, -0.2) is 4.98 Å². The van der Waals surface area contributed by atoms with E-state index < -0.39 is 0 Å². The number of nitrogens with one attached hydrogen (secondary N) is 1. The van der Waals surface area contributed by atoms with Crippen LogP contribution in [0.25, 0.3) is 22.6 Å². The lowest BCUT2D eigenvalue weighted by atomic mass is 10.1. The molecule has 1 aliphatic heterocycles. The van der Waals surface area contributed by atoms with Crippen LogP contribution in [0.3, 0.4) is 0 Å². The fourth-order valence-corrected chi connectivity index (χ4v) is 2.73. The predicted octanol–water partition coefficient (Wildman–Crippen LogP) is 3.90. The zero-order valence-corrected chi connectivity index (χ0v) is 13.5. The van der Waals surface area contributed by atoms with E-state index >= 15 is 0 Å². The van der Waals surface area contributed by atoms with E-state index in [9.17, 15) is 0 Å². The SMILES string of the molecule is CCN=c1ccc2nc3ccc(NCC)c(C)c3oc-2c1C. The van der Waals surface area contributed by atoms with Crippen molar-refractivity contribution in [1.82, 2.24) is 4.98 Å². The van der Waals surface area contributed by atoms with Crippen LogP contribution in [0.1, 0.15) is 25.0 Å². The molecule has 1 N–H and O–H groups in total. The first-order valence-corrected chi connectivity index (χ1v) is 7.73. The lowest BCUT2D eigenvalue weighted by Crippen LogP contribution is -2.10. The summed E-state index contributed by atoms with van der Waals surface area (Å²) in [4.78, 5) is 9.24. The summed E-state index contributed by atoms with van der Waals surface area (Å²) in [6, 6.07) is 8.05. The molecule has 114 valence electrons. The van der Waals surface area contributed by atoms with Crippen LogP contribution in [0.5, 0.6) is 0 Å². The third-order valence-corrected chi connectivity index (χ3v) is 3.88. The highest BCUT2D eigenvalue weighted by Crippen LogP contribution is 2.30. The molecule has 0 saturated heterocycles. The van der Waals surface area contributed by atoms with Gasteiger partial charge in [-0.3, -0.25) is 4.99 Å². The van der Waals surface area contributed by atoms with Gasteiger partial charge in [0.15, 0.2) is 11.3 Å². The van der Waals surface area contributed by atoms with Crippen molar-refractivity contribution >= 4 is 16.8 Å². The van der Waals surface area contributed by atoms with Crippen LogP contribution >= 0.6 is 0 Å². The van der Waals surface area contributed by atoms with Crippen LogP contribution in [0.2, 0.25) is 0 Å². The molecule has 0 fully saturated rings. The monoisotopic (exact) mass is 295 g/mol. The molecule has 0 spiro atoms. The standard InChI is InChI=1S/C18H21N3O/c1-5-19-13-7-9-15-17(11(13)3)22-18-12(4)14(20-6-2)8-10-16(18)21-15/h7-10,19H,5-6H2,1-4H3. The molecule has 4 heteroatoms. The molecule has 22 heavy (non-hydrogen) atoms. The first-order valence-electron chi connectivity index (χ1n) is 7.73. The highest BCUT2D eigenvalue weighted by molar-refractivity contribution is 5.84. The Labute approximate surface area is 130 Å². The maximum atomic E-state index is 6.22. The second-order valence-corrected chi connectivity index (χ2v) is 5.36. The average molecular weight is 295 g/mol. The Morgan fingerprint density at radius 3 is 2.64 bits per heavy atom. The molecule has 0 bridgehead atoms. The number of nitrogens with zero attached hydrogens (tertiary/aromatic N) is 2. The van der Waals surface area contributed by atoms with E-state index in [4.69, 9.17) is 9.40 Å². The van der Waals surface area contributed by atoms with Crippen molar-refractivity contribution < 1.29 is 4.42 Å². The van der Waals surface area contributed by atoms with Crippen molar-refractivity contribution in [3.8, 4) is 11.5 Å². The van der Waals surface area contributed by atoms with Crippen molar-refractivity contribution in [2.75, 3.05) is 18.4 Å². The van der Waals surface area contributed by atoms with E-state index in [-0.39, 0.29) is 0 Å². The van der Waals surface area contributed by atoms with E-state index in [2.05, 4.69) is 30.2 Å². The van der Waals surface area contributed by atoms with Crippen LogP contribution in [0, 0.1) is 13.8 Å². The van der Waals surface area contributed by atoms with E-state index in [0.29, 0.717) is 0 Å². The van der Waals surface area contributed by atoms with E-state index in [1.54, 1.807) is 0 Å². The normalized spacial score (nSPS) is 12.3. The van der Waals surface area contributed by atoms with Crippen LogP contribution < -0.4 is 10.7 Å². The van der Waals surface area contributed by atoms with Gasteiger partial charge in [-0.2, -0.15) is 0 Å². The minimum Gasteiger partial charge on any atom is -0.452 e. The summed E-state index contributed by atoms with van der Waals surface area (Å²) in [6.45, 7) is 9.86. The molecule has 0 saturated carbocycles. The Bertz CT molecular complexity index is 864. The second kappa shape index (κ2) is 5.79. The smallest absolute Gasteiger partial charge is 0.158 e. The van der Waals surface area contributed by atoms with Gasteiger partial charge < -0.3 is 9.73 Å². The summed E-state index contributed by atoms with van der Waals surface area (Å²) in [5.74, 6) is 0.818. The molecule has 0 radical (unpaired) electrons. The van der Waals surface area contributed by atoms with Gasteiger partial charge in [-0.05, 0) is 52.0 Å². The van der Waals surface area contributed by atoms with Crippen molar-refractivity contribution in [2.24, 2.45) is 4.99 Å². The van der Waals surface area contributed by atoms with Gasteiger partial charge in [0.25, 0.3) is 0 Å². The van der Waals surface area contributed by atoms with Gasteiger partial charge in [0.1, 0.15) is 11.2 Å². The Hall–Kier alpha value is -2.36. The number of aryl methyl sites for hydroxylation is 1. The summed E-state index contributed by atoms with van der Waals surface area (Å²) in [5, 5.41) is 4.33. The Morgan fingerprint density at radius 2 is 1.91 bits per heavy atom. The topological polar surface area (TPSA) is 50.4 Å². The first kappa shape index (κ1) is 14.6. The predicted molar refractivity (Wildman–Crippen MR) is 90.4 cm³/mol. The van der Waals surface area contributed by atoms with Gasteiger partial charge >= 0.3 is 0 Å². The largest absolute Gasteiger partial charge is 0.452 e. The first-order chi connectivity index (χ1) is 10.7. The minimum atomic E-state index is 0.761. The number of hydrogen-bond acceptors (Lipinski definition) is 4.